The Labute approximate surface area is 205 Å². The Morgan fingerprint density at radius 1 is 0.914 bits per heavy atom. The second kappa shape index (κ2) is 11.1. The van der Waals surface area contributed by atoms with Crippen LogP contribution in [0, 0.1) is 11.3 Å². The molecule has 9 nitrogen and oxygen atoms in total. The van der Waals surface area contributed by atoms with Crippen LogP contribution in [0.15, 0.2) is 71.6 Å². The van der Waals surface area contributed by atoms with Gasteiger partial charge in [-0.05, 0) is 42.5 Å². The molecule has 0 fully saturated rings. The third-order valence-electron chi connectivity index (χ3n) is 4.73. The molecule has 0 saturated carbocycles. The number of anilines is 2. The first kappa shape index (κ1) is 23.7. The summed E-state index contributed by atoms with van der Waals surface area (Å²) in [6.45, 7) is -0.356. The Hall–Kier alpha value is -4.49. The zero-order chi connectivity index (χ0) is 24.6. The van der Waals surface area contributed by atoms with Gasteiger partial charge in [0.1, 0.15) is 0 Å². The minimum atomic E-state index is -0.690. The Balaban J connectivity index is 1.30. The molecule has 10 heteroatoms. The molecular weight excluding hydrogens is 470 g/mol. The van der Waals surface area contributed by atoms with Gasteiger partial charge in [-0.3, -0.25) is 9.59 Å². The lowest BCUT2D eigenvalue weighted by atomic mass is 10.2. The summed E-state index contributed by atoms with van der Waals surface area (Å²) in [7, 11) is 0. The van der Waals surface area contributed by atoms with Gasteiger partial charge in [-0.1, -0.05) is 18.2 Å². The number of thioether (sulfide) groups is 1. The van der Waals surface area contributed by atoms with Gasteiger partial charge in [-0.25, -0.2) is 4.79 Å². The molecule has 2 amide bonds. The summed E-state index contributed by atoms with van der Waals surface area (Å²) in [5.41, 5.74) is 1.63. The average molecular weight is 490 g/mol. The molecule has 0 bridgehead atoms. The smallest absolute Gasteiger partial charge is 0.339 e. The van der Waals surface area contributed by atoms with Crippen LogP contribution in [0.1, 0.15) is 15.9 Å². The van der Waals surface area contributed by atoms with Crippen LogP contribution in [0.25, 0.3) is 0 Å². The Bertz CT molecular complexity index is 1320. The lowest BCUT2D eigenvalue weighted by molar-refractivity contribution is -0.119. The van der Waals surface area contributed by atoms with Gasteiger partial charge in [0.2, 0.25) is 12.7 Å². The maximum Gasteiger partial charge on any atom is 0.339 e. The van der Waals surface area contributed by atoms with Crippen molar-refractivity contribution in [1.82, 2.24) is 0 Å². The van der Waals surface area contributed by atoms with Crippen LogP contribution in [-0.4, -0.2) is 36.9 Å². The molecular formula is C25H19N3O6S. The molecule has 0 atom stereocenters. The van der Waals surface area contributed by atoms with Crippen molar-refractivity contribution >= 4 is 40.9 Å². The van der Waals surface area contributed by atoms with E-state index in [0.717, 1.165) is 0 Å². The molecule has 4 rings (SSSR count). The molecule has 35 heavy (non-hydrogen) atoms. The van der Waals surface area contributed by atoms with E-state index in [1.165, 1.54) is 17.8 Å². The monoisotopic (exact) mass is 489 g/mol. The molecule has 0 aliphatic carbocycles. The highest BCUT2D eigenvalue weighted by Gasteiger charge is 2.17. The van der Waals surface area contributed by atoms with E-state index in [1.807, 2.05) is 6.07 Å². The lowest BCUT2D eigenvalue weighted by Crippen LogP contribution is -2.21. The quantitative estimate of drug-likeness (QED) is 0.361. The summed E-state index contributed by atoms with van der Waals surface area (Å²) in [5.74, 6) is -0.267. The van der Waals surface area contributed by atoms with E-state index in [2.05, 4.69) is 10.6 Å². The summed E-state index contributed by atoms with van der Waals surface area (Å²) < 4.78 is 15.7. The second-order valence-electron chi connectivity index (χ2n) is 7.22. The Morgan fingerprint density at radius 3 is 2.54 bits per heavy atom. The lowest BCUT2D eigenvalue weighted by Gasteiger charge is -2.10. The van der Waals surface area contributed by atoms with Crippen molar-refractivity contribution in [2.24, 2.45) is 0 Å². The number of rotatable bonds is 8. The number of ether oxygens (including phenoxy) is 3. The number of esters is 1. The van der Waals surface area contributed by atoms with Crippen LogP contribution < -0.4 is 20.1 Å². The van der Waals surface area contributed by atoms with Gasteiger partial charge in [0.05, 0.1) is 22.9 Å². The first-order valence-corrected chi connectivity index (χ1v) is 11.4. The number of carbonyl (C=O) groups is 3. The number of fused-ring (bicyclic) bond motifs is 1. The summed E-state index contributed by atoms with van der Waals surface area (Å²) >= 11 is 1.17. The normalized spacial score (nSPS) is 11.3. The van der Waals surface area contributed by atoms with E-state index in [0.29, 0.717) is 33.3 Å². The van der Waals surface area contributed by atoms with Crippen LogP contribution in [0.2, 0.25) is 0 Å². The molecule has 1 heterocycles. The topological polar surface area (TPSA) is 127 Å². The van der Waals surface area contributed by atoms with Gasteiger partial charge in [0.15, 0.2) is 18.1 Å². The maximum atomic E-state index is 12.6. The number of benzene rings is 3. The van der Waals surface area contributed by atoms with Crippen molar-refractivity contribution in [3.8, 4) is 17.6 Å². The molecule has 0 aromatic heterocycles. The molecule has 2 N–H and O–H groups in total. The van der Waals surface area contributed by atoms with Crippen LogP contribution >= 0.6 is 11.8 Å². The highest BCUT2D eigenvalue weighted by molar-refractivity contribution is 8.00. The molecule has 3 aromatic rings. The number of carbonyl (C=O) groups excluding carboxylic acids is 3. The second-order valence-corrected chi connectivity index (χ2v) is 8.24. The van der Waals surface area contributed by atoms with E-state index in [1.54, 1.807) is 60.7 Å². The highest BCUT2D eigenvalue weighted by atomic mass is 32.2. The molecule has 176 valence electrons. The van der Waals surface area contributed by atoms with Gasteiger partial charge in [0.25, 0.3) is 5.91 Å². The number of amides is 2. The predicted octanol–water partition coefficient (Wildman–Crippen LogP) is 3.81. The van der Waals surface area contributed by atoms with Gasteiger partial charge in [-0.2, -0.15) is 5.26 Å². The van der Waals surface area contributed by atoms with E-state index in [4.69, 9.17) is 19.5 Å². The molecule has 0 unspecified atom stereocenters. The highest BCUT2D eigenvalue weighted by Crippen LogP contribution is 2.34. The molecule has 3 aromatic carbocycles. The van der Waals surface area contributed by atoms with Crippen molar-refractivity contribution < 1.29 is 28.6 Å². The number of nitrogens with one attached hydrogen (secondary N) is 2. The summed E-state index contributed by atoms with van der Waals surface area (Å²) in [5, 5.41) is 14.3. The standard InChI is InChI=1S/C25H19N3O6S/c26-12-16-4-3-5-17(10-16)27-23(29)13-32-25(31)19-6-1-2-7-22(19)35-14-24(30)28-18-8-9-20-21(11-18)34-15-33-20/h1-11H,13-15H2,(H,27,29)(H,28,30). The van der Waals surface area contributed by atoms with Gasteiger partial charge >= 0.3 is 5.97 Å². The van der Waals surface area contributed by atoms with Gasteiger partial charge < -0.3 is 24.8 Å². The fourth-order valence-electron chi connectivity index (χ4n) is 3.15. The minimum Gasteiger partial charge on any atom is -0.454 e. The molecule has 1 aliphatic rings. The Morgan fingerprint density at radius 2 is 1.69 bits per heavy atom. The average Bonchev–Trinajstić information content (AvgIpc) is 3.34. The Kier molecular flexibility index (Phi) is 7.50. The fraction of sp³-hybridized carbons (Fsp3) is 0.120. The van der Waals surface area contributed by atoms with Crippen LogP contribution in [0.4, 0.5) is 11.4 Å². The largest absolute Gasteiger partial charge is 0.454 e. The fourth-order valence-corrected chi connectivity index (χ4v) is 3.99. The van der Waals surface area contributed by atoms with Crippen molar-refractivity contribution in [3.63, 3.8) is 0 Å². The zero-order valence-electron chi connectivity index (χ0n) is 18.3. The zero-order valence-corrected chi connectivity index (χ0v) is 19.1. The number of nitrogens with zero attached hydrogens (tertiary/aromatic N) is 1. The third-order valence-corrected chi connectivity index (χ3v) is 5.81. The van der Waals surface area contributed by atoms with Crippen molar-refractivity contribution in [3.05, 3.63) is 77.9 Å². The molecule has 1 aliphatic heterocycles. The van der Waals surface area contributed by atoms with Gasteiger partial charge in [-0.15, -0.1) is 11.8 Å². The van der Waals surface area contributed by atoms with E-state index in [-0.39, 0.29) is 24.0 Å². The minimum absolute atomic E-state index is 0.0501. The SMILES string of the molecule is N#Cc1cccc(NC(=O)COC(=O)c2ccccc2SCC(=O)Nc2ccc3c(c2)OCO3)c1. The van der Waals surface area contributed by atoms with E-state index < -0.39 is 18.5 Å². The van der Waals surface area contributed by atoms with Crippen molar-refractivity contribution in [1.29, 1.82) is 5.26 Å². The first-order chi connectivity index (χ1) is 17.0. The van der Waals surface area contributed by atoms with Crippen LogP contribution in [-0.2, 0) is 14.3 Å². The number of hydrogen-bond acceptors (Lipinski definition) is 8. The number of nitriles is 1. The summed E-state index contributed by atoms with van der Waals surface area (Å²) in [6, 6.07) is 20.1. The summed E-state index contributed by atoms with van der Waals surface area (Å²) in [6.07, 6.45) is 0. The van der Waals surface area contributed by atoms with Crippen LogP contribution in [0.5, 0.6) is 11.5 Å². The van der Waals surface area contributed by atoms with E-state index >= 15 is 0 Å². The molecule has 0 saturated heterocycles. The van der Waals surface area contributed by atoms with Crippen molar-refractivity contribution in [2.75, 3.05) is 29.8 Å². The van der Waals surface area contributed by atoms with Crippen molar-refractivity contribution in [2.45, 2.75) is 4.90 Å². The predicted molar refractivity (Wildman–Crippen MR) is 128 cm³/mol. The molecule has 0 spiro atoms. The van der Waals surface area contributed by atoms with Crippen LogP contribution in [0.3, 0.4) is 0 Å². The number of hydrogen-bond donors (Lipinski definition) is 2. The maximum absolute atomic E-state index is 12.6. The first-order valence-electron chi connectivity index (χ1n) is 10.4. The third kappa shape index (κ3) is 6.31. The molecule has 0 radical (unpaired) electrons. The van der Waals surface area contributed by atoms with Gasteiger partial charge in [0, 0.05) is 22.3 Å². The van der Waals surface area contributed by atoms with E-state index in [9.17, 15) is 14.4 Å². The summed E-state index contributed by atoms with van der Waals surface area (Å²) in [4.78, 5) is 37.7.